The monoisotopic (exact) mass is 349 g/mol. The highest BCUT2D eigenvalue weighted by Crippen LogP contribution is 2.28. The predicted molar refractivity (Wildman–Crippen MR) is 91.0 cm³/mol. The molecule has 1 fully saturated rings. The van der Waals surface area contributed by atoms with Gasteiger partial charge in [-0.05, 0) is 30.9 Å². The van der Waals surface area contributed by atoms with Gasteiger partial charge in [-0.1, -0.05) is 11.6 Å². The number of hydrogen-bond donors (Lipinski definition) is 3. The molecule has 128 valence electrons. The third-order valence-corrected chi connectivity index (χ3v) is 4.47. The molecule has 3 rings (SSSR count). The average molecular weight is 350 g/mol. The molecule has 1 aliphatic rings. The maximum atomic E-state index is 12.3. The average Bonchev–Trinajstić information content (AvgIpc) is 3.13. The Morgan fingerprint density at radius 1 is 1.42 bits per heavy atom. The Hall–Kier alpha value is -2.12. The lowest BCUT2D eigenvalue weighted by Gasteiger charge is -2.16. The van der Waals surface area contributed by atoms with Gasteiger partial charge in [-0.15, -0.1) is 0 Å². The van der Waals surface area contributed by atoms with Crippen molar-refractivity contribution in [1.82, 2.24) is 20.1 Å². The number of carbonyl (C=O) groups excluding carboxylic acids is 1. The van der Waals surface area contributed by atoms with Crippen LogP contribution in [0.3, 0.4) is 0 Å². The lowest BCUT2D eigenvalue weighted by molar-refractivity contribution is 0.0868. The van der Waals surface area contributed by atoms with Gasteiger partial charge in [0.2, 0.25) is 0 Å². The number of pyridine rings is 1. The summed E-state index contributed by atoms with van der Waals surface area (Å²) in [6.45, 7) is 0.672. The van der Waals surface area contributed by atoms with Gasteiger partial charge in [0.25, 0.3) is 5.91 Å². The Bertz CT molecular complexity index is 703. The van der Waals surface area contributed by atoms with Gasteiger partial charge in [0.05, 0.1) is 35.2 Å². The zero-order valence-electron chi connectivity index (χ0n) is 13.3. The van der Waals surface area contributed by atoms with E-state index in [1.54, 1.807) is 42.5 Å². The minimum atomic E-state index is -0.568. The summed E-state index contributed by atoms with van der Waals surface area (Å²) in [6, 6.07) is 3.17. The minimum Gasteiger partial charge on any atom is -0.391 e. The number of nitrogens with one attached hydrogen (secondary N) is 2. The molecule has 0 aromatic carbocycles. The fourth-order valence-corrected chi connectivity index (χ4v) is 3.20. The highest BCUT2D eigenvalue weighted by molar-refractivity contribution is 6.30. The van der Waals surface area contributed by atoms with E-state index >= 15 is 0 Å². The highest BCUT2D eigenvalue weighted by Gasteiger charge is 2.34. The van der Waals surface area contributed by atoms with Crippen LogP contribution in [-0.2, 0) is 6.54 Å². The van der Waals surface area contributed by atoms with Gasteiger partial charge >= 0.3 is 0 Å². The summed E-state index contributed by atoms with van der Waals surface area (Å²) in [5, 5.41) is 20.8. The standard InChI is InChI=1S/C16H20ClN5O2/c1-18-12-2-3-13(19-7-12)16(24)21-14-4-10(5-15(14)23)8-22-9-11(17)6-20-22/h2-3,6-7,9-10,14-15,18,23H,4-5,8H2,1H3,(H,21,24)/t10?,14-,15-/m1/s1. The molecule has 2 aromatic heterocycles. The van der Waals surface area contributed by atoms with Crippen LogP contribution < -0.4 is 10.6 Å². The Kier molecular flexibility index (Phi) is 5.01. The molecule has 2 aromatic rings. The summed E-state index contributed by atoms with van der Waals surface area (Å²) in [4.78, 5) is 16.4. The second kappa shape index (κ2) is 7.19. The number of hydrogen-bond acceptors (Lipinski definition) is 5. The summed E-state index contributed by atoms with van der Waals surface area (Å²) in [6.07, 6.45) is 5.69. The Morgan fingerprint density at radius 3 is 2.88 bits per heavy atom. The minimum absolute atomic E-state index is 0.237. The predicted octanol–water partition coefficient (Wildman–Crippen LogP) is 1.54. The van der Waals surface area contributed by atoms with Crippen LogP contribution in [0.5, 0.6) is 0 Å². The van der Waals surface area contributed by atoms with Crippen molar-refractivity contribution in [2.24, 2.45) is 5.92 Å². The summed E-state index contributed by atoms with van der Waals surface area (Å²) < 4.78 is 1.77. The zero-order valence-corrected chi connectivity index (χ0v) is 14.1. The number of carbonyl (C=O) groups is 1. The Labute approximate surface area is 145 Å². The number of aliphatic hydroxyl groups excluding tert-OH is 1. The summed E-state index contributed by atoms with van der Waals surface area (Å²) in [5.41, 5.74) is 1.17. The van der Waals surface area contributed by atoms with Crippen LogP contribution in [0.2, 0.25) is 5.02 Å². The molecule has 7 nitrogen and oxygen atoms in total. The molecule has 1 saturated carbocycles. The second-order valence-corrected chi connectivity index (χ2v) is 6.48. The van der Waals surface area contributed by atoms with Crippen molar-refractivity contribution in [2.75, 3.05) is 12.4 Å². The molecule has 1 unspecified atom stereocenters. The van der Waals surface area contributed by atoms with E-state index in [4.69, 9.17) is 11.6 Å². The van der Waals surface area contributed by atoms with Crippen molar-refractivity contribution < 1.29 is 9.90 Å². The van der Waals surface area contributed by atoms with E-state index in [1.165, 1.54) is 0 Å². The molecule has 8 heteroatoms. The second-order valence-electron chi connectivity index (χ2n) is 6.05. The molecule has 0 spiro atoms. The molecule has 3 atom stereocenters. The maximum Gasteiger partial charge on any atom is 0.270 e. The van der Waals surface area contributed by atoms with Crippen molar-refractivity contribution in [3.8, 4) is 0 Å². The topological polar surface area (TPSA) is 92.1 Å². The quantitative estimate of drug-likeness (QED) is 0.761. The molecular weight excluding hydrogens is 330 g/mol. The number of nitrogens with zero attached hydrogens (tertiary/aromatic N) is 3. The maximum absolute atomic E-state index is 12.3. The molecule has 3 N–H and O–H groups in total. The third kappa shape index (κ3) is 3.85. The molecule has 0 bridgehead atoms. The van der Waals surface area contributed by atoms with E-state index in [0.717, 1.165) is 5.69 Å². The summed E-state index contributed by atoms with van der Waals surface area (Å²) in [7, 11) is 1.79. The highest BCUT2D eigenvalue weighted by atomic mass is 35.5. The van der Waals surface area contributed by atoms with Crippen molar-refractivity contribution in [1.29, 1.82) is 0 Å². The van der Waals surface area contributed by atoms with E-state index in [0.29, 0.717) is 30.1 Å². The van der Waals surface area contributed by atoms with Gasteiger partial charge in [0, 0.05) is 19.8 Å². The number of halogens is 1. The van der Waals surface area contributed by atoms with Crippen LogP contribution in [0.15, 0.2) is 30.7 Å². The molecule has 24 heavy (non-hydrogen) atoms. The Balaban J connectivity index is 1.57. The Morgan fingerprint density at radius 2 is 2.25 bits per heavy atom. The van der Waals surface area contributed by atoms with Crippen LogP contribution in [0, 0.1) is 5.92 Å². The van der Waals surface area contributed by atoms with Crippen molar-refractivity contribution >= 4 is 23.2 Å². The molecule has 0 radical (unpaired) electrons. The molecular formula is C16H20ClN5O2. The van der Waals surface area contributed by atoms with Gasteiger partial charge in [-0.3, -0.25) is 9.48 Å². The van der Waals surface area contributed by atoms with Crippen LogP contribution in [-0.4, -0.2) is 45.0 Å². The van der Waals surface area contributed by atoms with E-state index in [-0.39, 0.29) is 17.9 Å². The van der Waals surface area contributed by atoms with Gasteiger partial charge < -0.3 is 15.7 Å². The number of anilines is 1. The van der Waals surface area contributed by atoms with Gasteiger partial charge in [-0.2, -0.15) is 5.10 Å². The number of rotatable bonds is 5. The van der Waals surface area contributed by atoms with Crippen LogP contribution in [0.4, 0.5) is 5.69 Å². The third-order valence-electron chi connectivity index (χ3n) is 4.27. The number of aliphatic hydroxyl groups is 1. The first-order chi connectivity index (χ1) is 11.5. The first-order valence-corrected chi connectivity index (χ1v) is 8.23. The zero-order chi connectivity index (χ0) is 17.1. The van der Waals surface area contributed by atoms with Gasteiger partial charge in [0.15, 0.2) is 0 Å². The first-order valence-electron chi connectivity index (χ1n) is 7.86. The van der Waals surface area contributed by atoms with Crippen LogP contribution in [0.25, 0.3) is 0 Å². The van der Waals surface area contributed by atoms with Gasteiger partial charge in [0.1, 0.15) is 5.69 Å². The van der Waals surface area contributed by atoms with Gasteiger partial charge in [-0.25, -0.2) is 4.98 Å². The number of aromatic nitrogens is 3. The summed E-state index contributed by atoms with van der Waals surface area (Å²) >= 11 is 5.86. The van der Waals surface area contributed by atoms with E-state index in [1.807, 2.05) is 0 Å². The van der Waals surface area contributed by atoms with E-state index in [9.17, 15) is 9.90 Å². The molecule has 0 aliphatic heterocycles. The smallest absolute Gasteiger partial charge is 0.270 e. The largest absolute Gasteiger partial charge is 0.391 e. The lowest BCUT2D eigenvalue weighted by Crippen LogP contribution is -2.40. The van der Waals surface area contributed by atoms with E-state index in [2.05, 4.69) is 20.7 Å². The molecule has 1 amide bonds. The lowest BCUT2D eigenvalue weighted by atomic mass is 10.1. The summed E-state index contributed by atoms with van der Waals surface area (Å²) in [5.74, 6) is -0.0367. The SMILES string of the molecule is CNc1ccc(C(=O)N[C@@H]2CC(Cn3cc(Cl)cn3)C[C@H]2O)nc1. The normalized spacial score (nSPS) is 23.2. The van der Waals surface area contributed by atoms with Crippen LogP contribution >= 0.6 is 11.6 Å². The van der Waals surface area contributed by atoms with Crippen molar-refractivity contribution in [3.05, 3.63) is 41.4 Å². The molecule has 0 saturated heterocycles. The molecule has 1 aliphatic carbocycles. The fourth-order valence-electron chi connectivity index (χ4n) is 3.04. The number of amides is 1. The van der Waals surface area contributed by atoms with Crippen molar-refractivity contribution in [3.63, 3.8) is 0 Å². The van der Waals surface area contributed by atoms with Crippen molar-refractivity contribution in [2.45, 2.75) is 31.5 Å². The van der Waals surface area contributed by atoms with E-state index < -0.39 is 6.10 Å². The fraction of sp³-hybridized carbons (Fsp3) is 0.438. The van der Waals surface area contributed by atoms with Crippen LogP contribution in [0.1, 0.15) is 23.3 Å². The first kappa shape index (κ1) is 16.7. The molecule has 2 heterocycles.